The molecule has 0 bridgehead atoms. The van der Waals surface area contributed by atoms with E-state index in [2.05, 4.69) is 5.32 Å². The number of nitrogens with one attached hydrogen (secondary N) is 1. The third-order valence-electron chi connectivity index (χ3n) is 5.16. The minimum absolute atomic E-state index is 0.0364. The van der Waals surface area contributed by atoms with Gasteiger partial charge in [-0.25, -0.2) is 0 Å². The number of amides is 2. The summed E-state index contributed by atoms with van der Waals surface area (Å²) in [6.07, 6.45) is 3.09. The van der Waals surface area contributed by atoms with Crippen LogP contribution in [0.3, 0.4) is 0 Å². The fourth-order valence-corrected chi connectivity index (χ4v) is 3.71. The fraction of sp³-hybridized carbons (Fsp3) is 0.292. The van der Waals surface area contributed by atoms with Crippen LogP contribution in [-0.4, -0.2) is 30.1 Å². The van der Waals surface area contributed by atoms with E-state index in [4.69, 9.17) is 33.3 Å². The predicted molar refractivity (Wildman–Crippen MR) is 130 cm³/mol. The second-order valence-electron chi connectivity index (χ2n) is 7.35. The van der Waals surface area contributed by atoms with Gasteiger partial charge in [0.1, 0.15) is 5.57 Å². The van der Waals surface area contributed by atoms with Gasteiger partial charge in [-0.05, 0) is 73.5 Å². The first-order valence-electron chi connectivity index (χ1n) is 10.3. The second kappa shape index (κ2) is 10.1. The number of carbonyl (C=O) groups excluding carboxylic acids is 2. The molecular weight excluding hydrogens is 448 g/mol. The number of methoxy groups -OCH3 is 1. The zero-order valence-electron chi connectivity index (χ0n) is 18.4. The van der Waals surface area contributed by atoms with Crippen LogP contribution in [0.25, 0.3) is 6.08 Å². The lowest BCUT2D eigenvalue weighted by atomic mass is 10.1. The van der Waals surface area contributed by atoms with Gasteiger partial charge in [0.15, 0.2) is 16.6 Å². The standard InChI is InChI=1S/C24H25ClN2O4S/c1-5-14(3)31-21-19(25)12-16(13-20(21)30-4)11-18-22(28)26-24(32)27(23(18)29)17-9-7-15(6-2)8-10-17/h7-14H,5-6H2,1-4H3,(H,26,28,32). The van der Waals surface area contributed by atoms with Crippen LogP contribution in [0.15, 0.2) is 42.0 Å². The summed E-state index contributed by atoms with van der Waals surface area (Å²) < 4.78 is 11.3. The van der Waals surface area contributed by atoms with Gasteiger partial charge in [0, 0.05) is 0 Å². The van der Waals surface area contributed by atoms with Gasteiger partial charge in [0.05, 0.1) is 23.9 Å². The first kappa shape index (κ1) is 23.8. The van der Waals surface area contributed by atoms with Crippen LogP contribution in [0, 0.1) is 0 Å². The lowest BCUT2D eigenvalue weighted by molar-refractivity contribution is -0.122. The van der Waals surface area contributed by atoms with Crippen molar-refractivity contribution in [3.8, 4) is 11.5 Å². The highest BCUT2D eigenvalue weighted by Crippen LogP contribution is 2.38. The average molecular weight is 473 g/mol. The van der Waals surface area contributed by atoms with Gasteiger partial charge in [0.25, 0.3) is 11.8 Å². The summed E-state index contributed by atoms with van der Waals surface area (Å²) in [5, 5.41) is 2.94. The maximum atomic E-state index is 13.2. The van der Waals surface area contributed by atoms with Crippen molar-refractivity contribution < 1.29 is 19.1 Å². The lowest BCUT2D eigenvalue weighted by Gasteiger charge is -2.29. The fourth-order valence-electron chi connectivity index (χ4n) is 3.16. The second-order valence-corrected chi connectivity index (χ2v) is 8.14. The minimum atomic E-state index is -0.573. The number of halogens is 1. The quantitative estimate of drug-likeness (QED) is 0.352. The summed E-state index contributed by atoms with van der Waals surface area (Å²) >= 11 is 11.7. The Morgan fingerprint density at radius 3 is 2.47 bits per heavy atom. The van der Waals surface area contributed by atoms with Crippen LogP contribution in [0.2, 0.25) is 5.02 Å². The van der Waals surface area contributed by atoms with Crippen LogP contribution < -0.4 is 19.7 Å². The largest absolute Gasteiger partial charge is 0.493 e. The Labute approximate surface area is 198 Å². The van der Waals surface area contributed by atoms with E-state index in [1.807, 2.05) is 32.9 Å². The van der Waals surface area contributed by atoms with Crippen molar-refractivity contribution in [2.75, 3.05) is 12.0 Å². The molecule has 1 heterocycles. The van der Waals surface area contributed by atoms with Crippen LogP contribution in [0.4, 0.5) is 5.69 Å². The summed E-state index contributed by atoms with van der Waals surface area (Å²) in [6, 6.07) is 10.8. The number of carbonyl (C=O) groups is 2. The SMILES string of the molecule is CCc1ccc(N2C(=O)C(=Cc3cc(Cl)c(OC(C)CC)c(OC)c3)C(=O)NC2=S)cc1. The van der Waals surface area contributed by atoms with Gasteiger partial charge < -0.3 is 9.47 Å². The third-order valence-corrected chi connectivity index (χ3v) is 5.73. The normalized spacial score (nSPS) is 16.2. The molecule has 168 valence electrons. The molecule has 1 saturated heterocycles. The van der Waals surface area contributed by atoms with Crippen LogP contribution in [0.5, 0.6) is 11.5 Å². The molecule has 1 N–H and O–H groups in total. The molecule has 0 aromatic heterocycles. The maximum Gasteiger partial charge on any atom is 0.270 e. The van der Waals surface area contributed by atoms with Crippen molar-refractivity contribution in [3.05, 3.63) is 58.1 Å². The molecule has 0 aliphatic carbocycles. The van der Waals surface area contributed by atoms with E-state index >= 15 is 0 Å². The molecule has 1 unspecified atom stereocenters. The summed E-state index contributed by atoms with van der Waals surface area (Å²) in [6.45, 7) is 5.98. The van der Waals surface area contributed by atoms with Gasteiger partial charge in [-0.3, -0.25) is 19.8 Å². The number of anilines is 1. The van der Waals surface area contributed by atoms with Gasteiger partial charge in [-0.1, -0.05) is 37.6 Å². The summed E-state index contributed by atoms with van der Waals surface area (Å²) in [7, 11) is 1.50. The van der Waals surface area contributed by atoms with Crippen LogP contribution in [0.1, 0.15) is 38.3 Å². The molecule has 0 saturated carbocycles. The molecule has 0 radical (unpaired) electrons. The van der Waals surface area contributed by atoms with Crippen molar-refractivity contribution in [1.29, 1.82) is 0 Å². The van der Waals surface area contributed by atoms with Crippen molar-refractivity contribution in [3.63, 3.8) is 0 Å². The number of benzene rings is 2. The Bertz CT molecular complexity index is 1080. The van der Waals surface area contributed by atoms with Crippen LogP contribution >= 0.6 is 23.8 Å². The number of nitrogens with zero attached hydrogens (tertiary/aromatic N) is 1. The minimum Gasteiger partial charge on any atom is -0.493 e. The van der Waals surface area contributed by atoms with Crippen molar-refractivity contribution in [2.24, 2.45) is 0 Å². The van der Waals surface area contributed by atoms with Gasteiger partial charge in [0.2, 0.25) is 0 Å². The molecule has 6 nitrogen and oxygen atoms in total. The van der Waals surface area contributed by atoms with E-state index in [1.165, 1.54) is 18.1 Å². The molecule has 0 spiro atoms. The van der Waals surface area contributed by atoms with Gasteiger partial charge in [-0.15, -0.1) is 0 Å². The molecule has 1 atom stereocenters. The molecule has 1 fully saturated rings. The van der Waals surface area contributed by atoms with Crippen molar-refractivity contribution in [2.45, 2.75) is 39.7 Å². The first-order chi connectivity index (χ1) is 15.3. The molecule has 1 aliphatic rings. The van der Waals surface area contributed by atoms with Gasteiger partial charge >= 0.3 is 0 Å². The molecule has 1 aliphatic heterocycles. The van der Waals surface area contributed by atoms with Crippen molar-refractivity contribution >= 4 is 52.5 Å². The molecule has 2 amide bonds. The topological polar surface area (TPSA) is 67.9 Å². The van der Waals surface area contributed by atoms with Gasteiger partial charge in [-0.2, -0.15) is 0 Å². The van der Waals surface area contributed by atoms with E-state index in [0.29, 0.717) is 27.8 Å². The number of hydrogen-bond acceptors (Lipinski definition) is 5. The Balaban J connectivity index is 1.99. The Kier molecular flexibility index (Phi) is 7.53. The number of thiocarbonyl (C=S) groups is 1. The predicted octanol–water partition coefficient (Wildman–Crippen LogP) is 4.92. The Hall–Kier alpha value is -2.90. The highest BCUT2D eigenvalue weighted by molar-refractivity contribution is 7.80. The molecule has 2 aromatic rings. The molecule has 8 heteroatoms. The van der Waals surface area contributed by atoms with E-state index in [-0.39, 0.29) is 16.8 Å². The van der Waals surface area contributed by atoms with E-state index in [1.54, 1.807) is 24.3 Å². The number of hydrogen-bond donors (Lipinski definition) is 1. The lowest BCUT2D eigenvalue weighted by Crippen LogP contribution is -2.54. The summed E-state index contributed by atoms with van der Waals surface area (Å²) in [5.74, 6) is -0.255. The highest BCUT2D eigenvalue weighted by atomic mass is 35.5. The van der Waals surface area contributed by atoms with E-state index in [0.717, 1.165) is 18.4 Å². The Morgan fingerprint density at radius 2 is 1.88 bits per heavy atom. The van der Waals surface area contributed by atoms with Crippen molar-refractivity contribution in [1.82, 2.24) is 5.32 Å². The number of ether oxygens (including phenoxy) is 2. The average Bonchev–Trinajstić information content (AvgIpc) is 2.78. The highest BCUT2D eigenvalue weighted by Gasteiger charge is 2.34. The first-order valence-corrected chi connectivity index (χ1v) is 11.1. The number of aryl methyl sites for hydroxylation is 1. The smallest absolute Gasteiger partial charge is 0.270 e. The zero-order chi connectivity index (χ0) is 23.4. The number of rotatable bonds is 7. The summed E-state index contributed by atoms with van der Waals surface area (Å²) in [5.41, 5.74) is 2.17. The van der Waals surface area contributed by atoms with E-state index < -0.39 is 11.8 Å². The third kappa shape index (κ3) is 4.95. The summed E-state index contributed by atoms with van der Waals surface area (Å²) in [4.78, 5) is 27.1. The molecule has 32 heavy (non-hydrogen) atoms. The molecular formula is C24H25ClN2O4S. The Morgan fingerprint density at radius 1 is 1.19 bits per heavy atom. The van der Waals surface area contributed by atoms with Crippen LogP contribution in [-0.2, 0) is 16.0 Å². The molecule has 3 rings (SSSR count). The maximum absolute atomic E-state index is 13.2. The monoisotopic (exact) mass is 472 g/mol. The molecule has 2 aromatic carbocycles. The van der Waals surface area contributed by atoms with E-state index in [9.17, 15) is 9.59 Å². The zero-order valence-corrected chi connectivity index (χ0v) is 20.0.